The normalized spacial score (nSPS) is 26.9. The molecule has 0 N–H and O–H groups in total. The molecule has 27 heavy (non-hydrogen) atoms. The number of nitrogens with zero attached hydrogens (tertiary/aromatic N) is 3. The maximum Gasteiger partial charge on any atom is 0.233 e. The van der Waals surface area contributed by atoms with E-state index in [1.54, 1.807) is 0 Å². The molecule has 1 aromatic rings. The number of rotatable bonds is 6. The zero-order valence-electron chi connectivity index (χ0n) is 16.6. The molecule has 1 atom stereocenters. The van der Waals surface area contributed by atoms with Crippen molar-refractivity contribution < 1.29 is 13.9 Å². The first kappa shape index (κ1) is 19.3. The molecule has 2 saturated heterocycles. The number of aromatic nitrogens is 2. The number of hydrogen-bond acceptors (Lipinski definition) is 6. The Labute approximate surface area is 163 Å². The van der Waals surface area contributed by atoms with Gasteiger partial charge in [0.25, 0.3) is 0 Å². The minimum atomic E-state index is 0.262. The van der Waals surface area contributed by atoms with Gasteiger partial charge >= 0.3 is 0 Å². The predicted octanol–water partition coefficient (Wildman–Crippen LogP) is 4.23. The molecule has 6 heteroatoms. The minimum absolute atomic E-state index is 0.262. The van der Waals surface area contributed by atoms with Crippen LogP contribution in [0.4, 0.5) is 0 Å². The first-order chi connectivity index (χ1) is 13.4. The van der Waals surface area contributed by atoms with Crippen LogP contribution < -0.4 is 0 Å². The van der Waals surface area contributed by atoms with Gasteiger partial charge in [0, 0.05) is 25.7 Å². The number of hydrogen-bond donors (Lipinski definition) is 0. The van der Waals surface area contributed by atoms with Gasteiger partial charge < -0.3 is 13.9 Å². The molecule has 1 unspecified atom stereocenters. The Morgan fingerprint density at radius 1 is 0.852 bits per heavy atom. The Morgan fingerprint density at radius 2 is 1.59 bits per heavy atom. The van der Waals surface area contributed by atoms with Crippen LogP contribution >= 0.6 is 0 Å². The van der Waals surface area contributed by atoms with E-state index < -0.39 is 0 Å². The van der Waals surface area contributed by atoms with Gasteiger partial charge in [-0.2, -0.15) is 0 Å². The van der Waals surface area contributed by atoms with Crippen molar-refractivity contribution in [3.8, 4) is 0 Å². The first-order valence-corrected chi connectivity index (χ1v) is 11.2. The van der Waals surface area contributed by atoms with Gasteiger partial charge in [-0.3, -0.25) is 4.90 Å². The average molecular weight is 378 g/mol. The SMILES string of the molecule is C1CCCC(OCCN2CCCCC2c2nnc(C3CCOCC3)o2)CC1. The van der Waals surface area contributed by atoms with Crippen molar-refractivity contribution >= 4 is 0 Å². The van der Waals surface area contributed by atoms with E-state index >= 15 is 0 Å². The summed E-state index contributed by atoms with van der Waals surface area (Å²) in [4.78, 5) is 2.50. The number of likely N-dealkylation sites (tertiary alicyclic amines) is 1. The number of ether oxygens (including phenoxy) is 2. The molecule has 2 aliphatic heterocycles. The maximum absolute atomic E-state index is 6.23. The van der Waals surface area contributed by atoms with E-state index in [0.717, 1.165) is 64.0 Å². The Hall–Kier alpha value is -0.980. The lowest BCUT2D eigenvalue weighted by atomic mass is 10.0. The fourth-order valence-electron chi connectivity index (χ4n) is 4.77. The molecule has 1 saturated carbocycles. The maximum atomic E-state index is 6.23. The second kappa shape index (κ2) is 9.99. The summed E-state index contributed by atoms with van der Waals surface area (Å²) in [6.45, 7) is 4.50. The average Bonchev–Trinajstić information content (AvgIpc) is 3.07. The molecule has 3 aliphatic rings. The fraction of sp³-hybridized carbons (Fsp3) is 0.905. The second-order valence-corrected chi connectivity index (χ2v) is 8.40. The summed E-state index contributed by atoms with van der Waals surface area (Å²) in [5.74, 6) is 2.00. The van der Waals surface area contributed by atoms with Crippen LogP contribution in [0.15, 0.2) is 4.42 Å². The highest BCUT2D eigenvalue weighted by Gasteiger charge is 2.30. The lowest BCUT2D eigenvalue weighted by molar-refractivity contribution is 0.0123. The van der Waals surface area contributed by atoms with Crippen molar-refractivity contribution in [1.29, 1.82) is 0 Å². The molecule has 0 amide bonds. The molecule has 4 rings (SSSR count). The third kappa shape index (κ3) is 5.30. The van der Waals surface area contributed by atoms with E-state index in [4.69, 9.17) is 13.9 Å². The summed E-state index contributed by atoms with van der Waals surface area (Å²) < 4.78 is 17.8. The fourth-order valence-corrected chi connectivity index (χ4v) is 4.77. The molecule has 0 spiro atoms. The Balaban J connectivity index is 1.31. The molecular formula is C21H35N3O3. The first-order valence-electron chi connectivity index (χ1n) is 11.2. The van der Waals surface area contributed by atoms with Crippen molar-refractivity contribution in [2.45, 2.75) is 88.7 Å². The summed E-state index contributed by atoms with van der Waals surface area (Å²) in [5.41, 5.74) is 0. The van der Waals surface area contributed by atoms with Gasteiger partial charge in [0.15, 0.2) is 0 Å². The summed E-state index contributed by atoms with van der Waals surface area (Å²) in [6.07, 6.45) is 13.9. The van der Waals surface area contributed by atoms with Gasteiger partial charge in [0.2, 0.25) is 11.8 Å². The number of piperidine rings is 1. The van der Waals surface area contributed by atoms with Crippen LogP contribution in [-0.4, -0.2) is 54.1 Å². The van der Waals surface area contributed by atoms with Crippen LogP contribution in [-0.2, 0) is 9.47 Å². The van der Waals surface area contributed by atoms with Crippen LogP contribution in [0.3, 0.4) is 0 Å². The molecular weight excluding hydrogens is 342 g/mol. The molecule has 0 bridgehead atoms. The van der Waals surface area contributed by atoms with Gasteiger partial charge in [0.1, 0.15) is 0 Å². The van der Waals surface area contributed by atoms with E-state index in [-0.39, 0.29) is 6.04 Å². The lowest BCUT2D eigenvalue weighted by Crippen LogP contribution is -2.36. The summed E-state index contributed by atoms with van der Waals surface area (Å²) in [6, 6.07) is 0.262. The van der Waals surface area contributed by atoms with E-state index in [9.17, 15) is 0 Å². The molecule has 1 aliphatic carbocycles. The monoisotopic (exact) mass is 377 g/mol. The molecule has 0 radical (unpaired) electrons. The third-order valence-corrected chi connectivity index (χ3v) is 6.46. The molecule has 3 fully saturated rings. The minimum Gasteiger partial charge on any atom is -0.423 e. The molecule has 152 valence electrons. The van der Waals surface area contributed by atoms with Crippen molar-refractivity contribution in [2.75, 3.05) is 32.9 Å². The quantitative estimate of drug-likeness (QED) is 0.692. The molecule has 3 heterocycles. The van der Waals surface area contributed by atoms with Crippen molar-refractivity contribution in [3.05, 3.63) is 11.8 Å². The lowest BCUT2D eigenvalue weighted by Gasteiger charge is -2.33. The van der Waals surface area contributed by atoms with E-state index in [0.29, 0.717) is 12.0 Å². The highest BCUT2D eigenvalue weighted by Crippen LogP contribution is 2.33. The summed E-state index contributed by atoms with van der Waals surface area (Å²) >= 11 is 0. The van der Waals surface area contributed by atoms with Gasteiger partial charge in [-0.15, -0.1) is 10.2 Å². The van der Waals surface area contributed by atoms with E-state index in [2.05, 4.69) is 15.1 Å². The van der Waals surface area contributed by atoms with E-state index in [1.807, 2.05) is 0 Å². The standard InChI is InChI=1S/C21H35N3O3/c1-2-4-8-18(7-3-1)26-16-13-24-12-6-5-9-19(24)21-23-22-20(27-21)17-10-14-25-15-11-17/h17-19H,1-16H2. The smallest absolute Gasteiger partial charge is 0.233 e. The summed E-state index contributed by atoms with van der Waals surface area (Å²) in [7, 11) is 0. The molecule has 1 aromatic heterocycles. The molecule has 6 nitrogen and oxygen atoms in total. The van der Waals surface area contributed by atoms with Crippen LogP contribution in [0.5, 0.6) is 0 Å². The van der Waals surface area contributed by atoms with E-state index in [1.165, 1.54) is 51.4 Å². The van der Waals surface area contributed by atoms with Gasteiger partial charge in [-0.25, -0.2) is 0 Å². The third-order valence-electron chi connectivity index (χ3n) is 6.46. The highest BCUT2D eigenvalue weighted by molar-refractivity contribution is 4.98. The zero-order chi connectivity index (χ0) is 18.3. The Kier molecular flexibility index (Phi) is 7.15. The highest BCUT2D eigenvalue weighted by atomic mass is 16.5. The zero-order valence-corrected chi connectivity index (χ0v) is 16.6. The van der Waals surface area contributed by atoms with Crippen LogP contribution in [0.2, 0.25) is 0 Å². The Morgan fingerprint density at radius 3 is 2.41 bits per heavy atom. The van der Waals surface area contributed by atoms with Gasteiger partial charge in [-0.1, -0.05) is 32.1 Å². The van der Waals surface area contributed by atoms with Crippen molar-refractivity contribution in [1.82, 2.24) is 15.1 Å². The van der Waals surface area contributed by atoms with Crippen LogP contribution in [0.1, 0.15) is 94.4 Å². The topological polar surface area (TPSA) is 60.6 Å². The van der Waals surface area contributed by atoms with Crippen molar-refractivity contribution in [2.24, 2.45) is 0 Å². The Bertz CT molecular complexity index is 551. The second-order valence-electron chi connectivity index (χ2n) is 8.40. The largest absolute Gasteiger partial charge is 0.423 e. The summed E-state index contributed by atoms with van der Waals surface area (Å²) in [5, 5.41) is 8.82. The van der Waals surface area contributed by atoms with Crippen molar-refractivity contribution in [3.63, 3.8) is 0 Å². The van der Waals surface area contributed by atoms with Crippen LogP contribution in [0.25, 0.3) is 0 Å². The molecule has 0 aromatic carbocycles. The van der Waals surface area contributed by atoms with Gasteiger partial charge in [-0.05, 0) is 45.1 Å². The van der Waals surface area contributed by atoms with Crippen LogP contribution in [0, 0.1) is 0 Å². The van der Waals surface area contributed by atoms with Gasteiger partial charge in [0.05, 0.1) is 18.8 Å². The predicted molar refractivity (Wildman–Crippen MR) is 103 cm³/mol.